The van der Waals surface area contributed by atoms with Crippen LogP contribution in [0.1, 0.15) is 20.9 Å². The fourth-order valence-electron chi connectivity index (χ4n) is 1.93. The highest BCUT2D eigenvalue weighted by molar-refractivity contribution is 7.12. The SMILES string of the molecule is Cc1ncsc1C(=O)/C=C/c1ccc(-n2cncn2)c(F)c1. The van der Waals surface area contributed by atoms with E-state index in [0.29, 0.717) is 21.8 Å². The Balaban J connectivity index is 1.82. The molecule has 0 saturated carbocycles. The Kier molecular flexibility index (Phi) is 3.88. The Morgan fingerprint density at radius 1 is 1.41 bits per heavy atom. The lowest BCUT2D eigenvalue weighted by Gasteiger charge is -2.03. The van der Waals surface area contributed by atoms with E-state index < -0.39 is 5.82 Å². The average Bonchev–Trinajstić information content (AvgIpc) is 3.16. The van der Waals surface area contributed by atoms with E-state index in [0.717, 1.165) is 0 Å². The number of allylic oxidation sites excluding steroid dienone is 1. The normalized spacial score (nSPS) is 11.2. The summed E-state index contributed by atoms with van der Waals surface area (Å²) in [6.45, 7) is 1.78. The number of nitrogens with zero attached hydrogens (tertiary/aromatic N) is 4. The molecular weight excluding hydrogens is 303 g/mol. The summed E-state index contributed by atoms with van der Waals surface area (Å²) < 4.78 is 15.4. The molecule has 110 valence electrons. The molecule has 0 N–H and O–H groups in total. The number of aryl methyl sites for hydroxylation is 1. The van der Waals surface area contributed by atoms with Crippen LogP contribution in [0.3, 0.4) is 0 Å². The maximum atomic E-state index is 14.1. The van der Waals surface area contributed by atoms with E-state index in [1.165, 1.54) is 40.8 Å². The molecule has 2 heterocycles. The standard InChI is InChI=1S/C15H11FN4OS/c1-10-15(22-9-18-10)14(21)5-3-11-2-4-13(12(16)6-11)20-8-17-7-19-20/h2-9H,1H3/b5-3+. The number of carbonyl (C=O) groups excluding carboxylic acids is 1. The van der Waals surface area contributed by atoms with Crippen LogP contribution in [0.25, 0.3) is 11.8 Å². The second-order valence-electron chi connectivity index (χ2n) is 4.52. The van der Waals surface area contributed by atoms with Gasteiger partial charge in [0.25, 0.3) is 0 Å². The summed E-state index contributed by atoms with van der Waals surface area (Å²) in [5.74, 6) is -0.574. The van der Waals surface area contributed by atoms with Gasteiger partial charge in [-0.3, -0.25) is 4.79 Å². The zero-order valence-electron chi connectivity index (χ0n) is 11.6. The van der Waals surface area contributed by atoms with Crippen molar-refractivity contribution in [3.8, 4) is 5.69 Å². The van der Waals surface area contributed by atoms with Crippen molar-refractivity contribution in [3.05, 3.63) is 64.4 Å². The summed E-state index contributed by atoms with van der Waals surface area (Å²) in [4.78, 5) is 20.4. The first kappa shape index (κ1) is 14.3. The van der Waals surface area contributed by atoms with Gasteiger partial charge in [-0.2, -0.15) is 5.10 Å². The second-order valence-corrected chi connectivity index (χ2v) is 5.37. The van der Waals surface area contributed by atoms with E-state index in [4.69, 9.17) is 0 Å². The van der Waals surface area contributed by atoms with Crippen molar-refractivity contribution in [1.29, 1.82) is 0 Å². The van der Waals surface area contributed by atoms with E-state index in [-0.39, 0.29) is 5.78 Å². The van der Waals surface area contributed by atoms with Gasteiger partial charge in [0.05, 0.1) is 16.1 Å². The van der Waals surface area contributed by atoms with Crippen molar-refractivity contribution in [1.82, 2.24) is 19.7 Å². The molecule has 0 fully saturated rings. The summed E-state index contributed by atoms with van der Waals surface area (Å²) in [5, 5.41) is 3.88. The maximum absolute atomic E-state index is 14.1. The zero-order chi connectivity index (χ0) is 15.5. The molecule has 2 aromatic heterocycles. The van der Waals surface area contributed by atoms with Crippen molar-refractivity contribution in [2.75, 3.05) is 0 Å². The lowest BCUT2D eigenvalue weighted by atomic mass is 10.1. The molecular formula is C15H11FN4OS. The van der Waals surface area contributed by atoms with Gasteiger partial charge in [0.15, 0.2) is 5.78 Å². The number of thiazole rings is 1. The first-order valence-corrected chi connectivity index (χ1v) is 7.30. The molecule has 3 rings (SSSR count). The number of hydrogen-bond acceptors (Lipinski definition) is 5. The van der Waals surface area contributed by atoms with Crippen molar-refractivity contribution in [2.45, 2.75) is 6.92 Å². The van der Waals surface area contributed by atoms with Crippen LogP contribution in [0.4, 0.5) is 4.39 Å². The molecule has 0 aliphatic heterocycles. The van der Waals surface area contributed by atoms with Crippen molar-refractivity contribution in [2.24, 2.45) is 0 Å². The Hall–Kier alpha value is -2.67. The predicted molar refractivity (Wildman–Crippen MR) is 81.5 cm³/mol. The predicted octanol–water partition coefficient (Wildman–Crippen LogP) is 3.07. The van der Waals surface area contributed by atoms with Gasteiger partial charge in [-0.25, -0.2) is 19.0 Å². The zero-order valence-corrected chi connectivity index (χ0v) is 12.4. The van der Waals surface area contributed by atoms with Gasteiger partial charge in [0.1, 0.15) is 24.2 Å². The van der Waals surface area contributed by atoms with Gasteiger partial charge < -0.3 is 0 Å². The molecule has 0 aliphatic rings. The molecule has 0 spiro atoms. The molecule has 0 bridgehead atoms. The summed E-state index contributed by atoms with van der Waals surface area (Å²) in [5.41, 5.74) is 3.23. The number of aromatic nitrogens is 4. The van der Waals surface area contributed by atoms with Gasteiger partial charge in [-0.15, -0.1) is 11.3 Å². The average molecular weight is 314 g/mol. The number of ketones is 1. The van der Waals surface area contributed by atoms with Gasteiger partial charge in [-0.1, -0.05) is 12.1 Å². The minimum absolute atomic E-state index is 0.138. The van der Waals surface area contributed by atoms with Gasteiger partial charge in [0.2, 0.25) is 0 Å². The number of hydrogen-bond donors (Lipinski definition) is 0. The summed E-state index contributed by atoms with van der Waals surface area (Å²) >= 11 is 1.29. The second kappa shape index (κ2) is 5.98. The van der Waals surface area contributed by atoms with Gasteiger partial charge >= 0.3 is 0 Å². The van der Waals surface area contributed by atoms with Crippen LogP contribution >= 0.6 is 11.3 Å². The molecule has 0 amide bonds. The molecule has 5 nitrogen and oxygen atoms in total. The van der Waals surface area contributed by atoms with Crippen LogP contribution in [-0.2, 0) is 0 Å². The molecule has 0 aliphatic carbocycles. The minimum atomic E-state index is -0.436. The third kappa shape index (κ3) is 2.84. The van der Waals surface area contributed by atoms with Crippen LogP contribution in [0.15, 0.2) is 42.4 Å². The van der Waals surface area contributed by atoms with Crippen LogP contribution in [0.2, 0.25) is 0 Å². The molecule has 0 saturated heterocycles. The van der Waals surface area contributed by atoms with E-state index >= 15 is 0 Å². The molecule has 0 unspecified atom stereocenters. The molecule has 3 aromatic rings. The van der Waals surface area contributed by atoms with Crippen LogP contribution in [0, 0.1) is 12.7 Å². The molecule has 22 heavy (non-hydrogen) atoms. The number of carbonyl (C=O) groups is 1. The van der Waals surface area contributed by atoms with Crippen LogP contribution in [0.5, 0.6) is 0 Å². The van der Waals surface area contributed by atoms with E-state index in [9.17, 15) is 9.18 Å². The van der Waals surface area contributed by atoms with Crippen molar-refractivity contribution < 1.29 is 9.18 Å². The Morgan fingerprint density at radius 3 is 2.91 bits per heavy atom. The fraction of sp³-hybridized carbons (Fsp3) is 0.0667. The monoisotopic (exact) mass is 314 g/mol. The van der Waals surface area contributed by atoms with Crippen LogP contribution < -0.4 is 0 Å². The van der Waals surface area contributed by atoms with E-state index in [1.54, 1.807) is 30.6 Å². The smallest absolute Gasteiger partial charge is 0.197 e. The van der Waals surface area contributed by atoms with Gasteiger partial charge in [0, 0.05) is 0 Å². The number of rotatable bonds is 4. The first-order chi connectivity index (χ1) is 10.6. The topological polar surface area (TPSA) is 60.7 Å². The summed E-state index contributed by atoms with van der Waals surface area (Å²) in [6, 6.07) is 4.65. The lowest BCUT2D eigenvalue weighted by molar-refractivity contribution is 0.105. The highest BCUT2D eigenvalue weighted by Crippen LogP contribution is 2.17. The largest absolute Gasteiger partial charge is 0.288 e. The minimum Gasteiger partial charge on any atom is -0.288 e. The van der Waals surface area contributed by atoms with Crippen molar-refractivity contribution in [3.63, 3.8) is 0 Å². The number of benzene rings is 1. The molecule has 0 atom stereocenters. The number of halogens is 1. The van der Waals surface area contributed by atoms with E-state index in [1.807, 2.05) is 0 Å². The third-order valence-electron chi connectivity index (χ3n) is 3.03. The fourth-order valence-corrected chi connectivity index (χ4v) is 2.65. The van der Waals surface area contributed by atoms with E-state index in [2.05, 4.69) is 15.1 Å². The molecule has 1 aromatic carbocycles. The Morgan fingerprint density at radius 2 is 2.27 bits per heavy atom. The quantitative estimate of drug-likeness (QED) is 0.548. The van der Waals surface area contributed by atoms with Crippen molar-refractivity contribution >= 4 is 23.2 Å². The highest BCUT2D eigenvalue weighted by atomic mass is 32.1. The first-order valence-electron chi connectivity index (χ1n) is 6.42. The van der Waals surface area contributed by atoms with Crippen LogP contribution in [-0.4, -0.2) is 25.5 Å². The lowest BCUT2D eigenvalue weighted by Crippen LogP contribution is -1.98. The maximum Gasteiger partial charge on any atom is 0.197 e. The Labute approximate surface area is 129 Å². The molecule has 7 heteroatoms. The Bertz CT molecular complexity index is 839. The summed E-state index contributed by atoms with van der Waals surface area (Å²) in [6.07, 6.45) is 5.76. The highest BCUT2D eigenvalue weighted by Gasteiger charge is 2.09. The third-order valence-corrected chi connectivity index (χ3v) is 3.98. The summed E-state index contributed by atoms with van der Waals surface area (Å²) in [7, 11) is 0. The molecule has 0 radical (unpaired) electrons. The van der Waals surface area contributed by atoms with Gasteiger partial charge in [-0.05, 0) is 30.7 Å².